The molecule has 0 aromatic heterocycles. The third-order valence-corrected chi connectivity index (χ3v) is 2.69. The van der Waals surface area contributed by atoms with Crippen LogP contribution < -0.4 is 5.73 Å². The summed E-state index contributed by atoms with van der Waals surface area (Å²) in [6.07, 6.45) is -3.63. The number of nitrogens with two attached hydrogens (primary N) is 1. The Kier molecular flexibility index (Phi) is 9.80. The molecule has 1 heterocycles. The van der Waals surface area contributed by atoms with Gasteiger partial charge in [-0.1, -0.05) is 0 Å². The summed E-state index contributed by atoms with van der Waals surface area (Å²) in [5.41, 5.74) is 5.47. The molecule has 1 aliphatic heterocycles. The minimum Gasteiger partial charge on any atom is -0.340 e. The van der Waals surface area contributed by atoms with E-state index in [2.05, 4.69) is 0 Å². The summed E-state index contributed by atoms with van der Waals surface area (Å²) < 4.78 is 36.6. The summed E-state index contributed by atoms with van der Waals surface area (Å²) in [7, 11) is 0. The molecule has 1 aliphatic rings. The highest BCUT2D eigenvalue weighted by atomic mass is 35.5. The summed E-state index contributed by atoms with van der Waals surface area (Å²) in [5, 5.41) is 0. The summed E-state index contributed by atoms with van der Waals surface area (Å²) in [6.45, 7) is 2.08. The standard InChI is InChI=1S/C10H18F3N3O.2ClH/c1-8(14)9(17)16-4-2-3-15(5-6-16)7-10(11,12)13;;/h8H,2-7,14H2,1H3;2*1H/t8-;;/m1../s1. The molecule has 4 nitrogen and oxygen atoms in total. The molecule has 1 amide bonds. The van der Waals surface area contributed by atoms with Crippen LogP contribution >= 0.6 is 24.8 Å². The summed E-state index contributed by atoms with van der Waals surface area (Å²) >= 11 is 0. The minimum atomic E-state index is -4.18. The van der Waals surface area contributed by atoms with Crippen molar-refractivity contribution in [2.75, 3.05) is 32.7 Å². The highest BCUT2D eigenvalue weighted by Gasteiger charge is 2.32. The second-order valence-corrected chi connectivity index (χ2v) is 4.36. The quantitative estimate of drug-likeness (QED) is 0.832. The molecule has 1 saturated heterocycles. The number of rotatable bonds is 2. The van der Waals surface area contributed by atoms with E-state index in [0.29, 0.717) is 26.1 Å². The maximum absolute atomic E-state index is 12.2. The van der Waals surface area contributed by atoms with Crippen LogP contribution in [0.5, 0.6) is 0 Å². The summed E-state index contributed by atoms with van der Waals surface area (Å²) in [4.78, 5) is 14.5. The molecule has 0 bridgehead atoms. The molecule has 0 saturated carbocycles. The zero-order valence-electron chi connectivity index (χ0n) is 10.7. The van der Waals surface area contributed by atoms with Crippen LogP contribution in [0.2, 0.25) is 0 Å². The van der Waals surface area contributed by atoms with Crippen molar-refractivity contribution in [3.05, 3.63) is 0 Å². The molecular weight excluding hydrogens is 306 g/mol. The van der Waals surface area contributed by atoms with Crippen molar-refractivity contribution in [3.63, 3.8) is 0 Å². The van der Waals surface area contributed by atoms with E-state index in [0.717, 1.165) is 0 Å². The van der Waals surface area contributed by atoms with Crippen LogP contribution in [0.3, 0.4) is 0 Å². The van der Waals surface area contributed by atoms with Crippen molar-refractivity contribution in [3.8, 4) is 0 Å². The Balaban J connectivity index is 0. The van der Waals surface area contributed by atoms with E-state index in [1.807, 2.05) is 0 Å². The second kappa shape index (κ2) is 8.84. The van der Waals surface area contributed by atoms with E-state index in [1.54, 1.807) is 11.8 Å². The van der Waals surface area contributed by atoms with Gasteiger partial charge in [-0.3, -0.25) is 9.69 Å². The molecule has 0 spiro atoms. The number of amides is 1. The lowest BCUT2D eigenvalue weighted by Gasteiger charge is -2.23. The van der Waals surface area contributed by atoms with Crippen molar-refractivity contribution >= 4 is 30.7 Å². The number of hydrogen-bond donors (Lipinski definition) is 1. The Bertz CT molecular complexity index is 277. The van der Waals surface area contributed by atoms with Crippen molar-refractivity contribution in [2.24, 2.45) is 5.73 Å². The first kappa shape index (κ1) is 21.1. The third-order valence-electron chi connectivity index (χ3n) is 2.69. The molecule has 0 aliphatic carbocycles. The van der Waals surface area contributed by atoms with Crippen LogP contribution in [-0.4, -0.2) is 60.6 Å². The lowest BCUT2D eigenvalue weighted by molar-refractivity contribution is -0.145. The number of nitrogens with zero attached hydrogens (tertiary/aromatic N) is 2. The molecule has 1 fully saturated rings. The second-order valence-electron chi connectivity index (χ2n) is 4.36. The van der Waals surface area contributed by atoms with Gasteiger partial charge < -0.3 is 10.6 Å². The molecule has 19 heavy (non-hydrogen) atoms. The number of alkyl halides is 3. The molecule has 0 radical (unpaired) electrons. The minimum absolute atomic E-state index is 0. The molecule has 1 rings (SSSR count). The van der Waals surface area contributed by atoms with Gasteiger partial charge in [0.25, 0.3) is 0 Å². The highest BCUT2D eigenvalue weighted by molar-refractivity contribution is 5.85. The highest BCUT2D eigenvalue weighted by Crippen LogP contribution is 2.17. The van der Waals surface area contributed by atoms with Gasteiger partial charge in [0.2, 0.25) is 5.91 Å². The van der Waals surface area contributed by atoms with E-state index in [4.69, 9.17) is 5.73 Å². The fourth-order valence-electron chi connectivity index (χ4n) is 1.89. The largest absolute Gasteiger partial charge is 0.401 e. The van der Waals surface area contributed by atoms with Crippen molar-refractivity contribution in [1.82, 2.24) is 9.80 Å². The number of carbonyl (C=O) groups excluding carboxylic acids is 1. The summed E-state index contributed by atoms with van der Waals surface area (Å²) in [6, 6.07) is -0.593. The van der Waals surface area contributed by atoms with Gasteiger partial charge in [-0.2, -0.15) is 13.2 Å². The van der Waals surface area contributed by atoms with Crippen molar-refractivity contribution < 1.29 is 18.0 Å². The molecule has 9 heteroatoms. The van der Waals surface area contributed by atoms with Gasteiger partial charge in [-0.05, 0) is 13.3 Å². The fraction of sp³-hybridized carbons (Fsp3) is 0.900. The number of carbonyl (C=O) groups is 1. The fourth-order valence-corrected chi connectivity index (χ4v) is 1.89. The zero-order chi connectivity index (χ0) is 13.1. The Morgan fingerprint density at radius 2 is 1.79 bits per heavy atom. The Labute approximate surface area is 123 Å². The summed E-state index contributed by atoms with van der Waals surface area (Å²) in [5.74, 6) is -0.196. The third kappa shape index (κ3) is 7.81. The lowest BCUT2D eigenvalue weighted by Crippen LogP contribution is -2.44. The smallest absolute Gasteiger partial charge is 0.340 e. The van der Waals surface area contributed by atoms with Crippen LogP contribution in [-0.2, 0) is 4.79 Å². The van der Waals surface area contributed by atoms with Gasteiger partial charge in [-0.15, -0.1) is 24.8 Å². The van der Waals surface area contributed by atoms with E-state index in [-0.39, 0.29) is 37.3 Å². The predicted octanol–water partition coefficient (Wildman–Crippen LogP) is 1.27. The van der Waals surface area contributed by atoms with E-state index in [9.17, 15) is 18.0 Å². The maximum atomic E-state index is 12.2. The van der Waals surface area contributed by atoms with E-state index in [1.165, 1.54) is 4.90 Å². The maximum Gasteiger partial charge on any atom is 0.401 e. The Morgan fingerprint density at radius 1 is 1.21 bits per heavy atom. The van der Waals surface area contributed by atoms with Crippen LogP contribution in [0.25, 0.3) is 0 Å². The van der Waals surface area contributed by atoms with E-state index >= 15 is 0 Å². The molecule has 1 atom stereocenters. The van der Waals surface area contributed by atoms with Crippen LogP contribution in [0.4, 0.5) is 13.2 Å². The zero-order valence-corrected chi connectivity index (χ0v) is 12.3. The molecule has 116 valence electrons. The van der Waals surface area contributed by atoms with E-state index < -0.39 is 18.8 Å². The normalized spacial score (nSPS) is 18.9. The first-order chi connectivity index (χ1) is 7.79. The number of hydrogen-bond acceptors (Lipinski definition) is 3. The van der Waals surface area contributed by atoms with Gasteiger partial charge in [0.05, 0.1) is 12.6 Å². The molecule has 2 N–H and O–H groups in total. The topological polar surface area (TPSA) is 49.6 Å². The first-order valence-corrected chi connectivity index (χ1v) is 5.63. The van der Waals surface area contributed by atoms with Crippen LogP contribution in [0.15, 0.2) is 0 Å². The van der Waals surface area contributed by atoms with Crippen molar-refractivity contribution in [2.45, 2.75) is 25.6 Å². The van der Waals surface area contributed by atoms with Gasteiger partial charge in [0, 0.05) is 26.2 Å². The Hall–Kier alpha value is -0.240. The molecule has 0 aromatic carbocycles. The molecular formula is C10H20Cl2F3N3O. The van der Waals surface area contributed by atoms with Crippen LogP contribution in [0.1, 0.15) is 13.3 Å². The SMILES string of the molecule is C[C@@H](N)C(=O)N1CCCN(CC(F)(F)F)CC1.Cl.Cl. The van der Waals surface area contributed by atoms with Gasteiger partial charge in [0.1, 0.15) is 0 Å². The van der Waals surface area contributed by atoms with Gasteiger partial charge in [-0.25, -0.2) is 0 Å². The van der Waals surface area contributed by atoms with Crippen LogP contribution in [0, 0.1) is 0 Å². The van der Waals surface area contributed by atoms with Crippen molar-refractivity contribution in [1.29, 1.82) is 0 Å². The molecule has 0 unspecified atom stereocenters. The molecule has 0 aromatic rings. The lowest BCUT2D eigenvalue weighted by atomic mass is 10.3. The average molecular weight is 326 g/mol. The first-order valence-electron chi connectivity index (χ1n) is 5.63. The Morgan fingerprint density at radius 3 is 2.26 bits per heavy atom. The predicted molar refractivity (Wildman–Crippen MR) is 71.8 cm³/mol. The average Bonchev–Trinajstić information content (AvgIpc) is 2.39. The monoisotopic (exact) mass is 325 g/mol. The number of halogens is 5. The van der Waals surface area contributed by atoms with Gasteiger partial charge in [0.15, 0.2) is 0 Å². The van der Waals surface area contributed by atoms with Gasteiger partial charge >= 0.3 is 6.18 Å².